The molecule has 0 aliphatic carbocycles. The van der Waals surface area contributed by atoms with Crippen molar-refractivity contribution < 1.29 is 66.1 Å². The van der Waals surface area contributed by atoms with Gasteiger partial charge in [0.05, 0.1) is 12.5 Å². The van der Waals surface area contributed by atoms with Gasteiger partial charge in [-0.2, -0.15) is 0 Å². The number of carboxylic acid groups (broad SMARTS) is 1. The van der Waals surface area contributed by atoms with Crippen LogP contribution in [-0.2, 0) is 9.59 Å². The number of carboxylic acids is 1. The van der Waals surface area contributed by atoms with Crippen LogP contribution in [0.5, 0.6) is 0 Å². The van der Waals surface area contributed by atoms with E-state index in [4.69, 9.17) is 0 Å². The Morgan fingerprint density at radius 1 is 0.808 bits per heavy atom. The first-order valence-corrected chi connectivity index (χ1v) is 10.2. The zero-order valence-corrected chi connectivity index (χ0v) is 20.6. The molecule has 0 radical (unpaired) electrons. The Balaban J connectivity index is 0. The molecule has 0 bridgehead atoms. The first kappa shape index (κ1) is 28.5. The van der Waals surface area contributed by atoms with Crippen molar-refractivity contribution in [2.75, 3.05) is 13.6 Å². The summed E-state index contributed by atoms with van der Waals surface area (Å²) in [6.45, 7) is 1.94. The van der Waals surface area contributed by atoms with E-state index in [-0.39, 0.29) is 63.8 Å². The van der Waals surface area contributed by atoms with Gasteiger partial charge in [0, 0.05) is 13.5 Å². The minimum Gasteiger partial charge on any atom is -0.548 e. The predicted molar refractivity (Wildman–Crippen MR) is 102 cm³/mol. The van der Waals surface area contributed by atoms with Crippen molar-refractivity contribution in [1.29, 1.82) is 0 Å². The van der Waals surface area contributed by atoms with Crippen LogP contribution in [0.1, 0.15) is 96.8 Å². The first-order valence-electron chi connectivity index (χ1n) is 10.2. The molecular formula is C21H38KNO3. The molecule has 0 saturated carbocycles. The largest absolute Gasteiger partial charge is 1.00 e. The molecule has 26 heavy (non-hydrogen) atoms. The molecule has 0 aromatic heterocycles. The summed E-state index contributed by atoms with van der Waals surface area (Å²) in [6, 6.07) is 0. The quantitative estimate of drug-likeness (QED) is 0.213. The third-order valence-electron chi connectivity index (χ3n) is 4.44. The Bertz CT molecular complexity index is 372. The molecule has 0 saturated heterocycles. The average Bonchev–Trinajstić information content (AvgIpc) is 2.57. The monoisotopic (exact) mass is 391 g/mol. The molecule has 0 aliphatic heterocycles. The van der Waals surface area contributed by atoms with Crippen LogP contribution >= 0.6 is 0 Å². The van der Waals surface area contributed by atoms with Crippen LogP contribution in [0.15, 0.2) is 12.2 Å². The van der Waals surface area contributed by atoms with Crippen molar-refractivity contribution >= 4 is 11.9 Å². The minimum atomic E-state index is -1.21. The molecule has 0 heterocycles. The van der Waals surface area contributed by atoms with Crippen LogP contribution in [0.3, 0.4) is 0 Å². The van der Waals surface area contributed by atoms with Crippen LogP contribution in [0.2, 0.25) is 0 Å². The molecule has 5 heteroatoms. The van der Waals surface area contributed by atoms with Crippen LogP contribution in [0, 0.1) is 0 Å². The third kappa shape index (κ3) is 20.6. The van der Waals surface area contributed by atoms with Crippen molar-refractivity contribution in [2.24, 2.45) is 0 Å². The van der Waals surface area contributed by atoms with E-state index < -0.39 is 5.97 Å². The van der Waals surface area contributed by atoms with Crippen LogP contribution in [-0.4, -0.2) is 30.4 Å². The minimum absolute atomic E-state index is 0. The fourth-order valence-electron chi connectivity index (χ4n) is 2.82. The molecule has 0 aliphatic rings. The summed E-state index contributed by atoms with van der Waals surface area (Å²) >= 11 is 0. The SMILES string of the molecule is CCCCCCCCC=CCCCCCCCC(=O)N(C)CC(=O)[O-].[K+]. The molecule has 0 fully saturated rings. The third-order valence-corrected chi connectivity index (χ3v) is 4.44. The zero-order chi connectivity index (χ0) is 18.8. The van der Waals surface area contributed by atoms with Gasteiger partial charge >= 0.3 is 51.4 Å². The van der Waals surface area contributed by atoms with Crippen LogP contribution in [0.4, 0.5) is 0 Å². The number of amides is 1. The van der Waals surface area contributed by atoms with Crippen molar-refractivity contribution in [3.8, 4) is 0 Å². The van der Waals surface area contributed by atoms with Gasteiger partial charge in [0.2, 0.25) is 5.91 Å². The van der Waals surface area contributed by atoms with Gasteiger partial charge in [0.25, 0.3) is 0 Å². The molecule has 0 spiro atoms. The second-order valence-corrected chi connectivity index (χ2v) is 6.96. The molecule has 0 unspecified atom stereocenters. The Morgan fingerprint density at radius 2 is 1.27 bits per heavy atom. The molecule has 0 N–H and O–H groups in total. The second-order valence-electron chi connectivity index (χ2n) is 6.96. The van der Waals surface area contributed by atoms with Gasteiger partial charge in [0.15, 0.2) is 0 Å². The summed E-state index contributed by atoms with van der Waals surface area (Å²) in [5.41, 5.74) is 0. The summed E-state index contributed by atoms with van der Waals surface area (Å²) < 4.78 is 0. The normalized spacial score (nSPS) is 10.7. The fourth-order valence-corrected chi connectivity index (χ4v) is 2.82. The number of carbonyl (C=O) groups excluding carboxylic acids is 2. The summed E-state index contributed by atoms with van der Waals surface area (Å²) in [4.78, 5) is 23.3. The number of aliphatic carboxylic acids is 1. The number of likely N-dealkylation sites (N-methyl/N-ethyl adjacent to an activating group) is 1. The standard InChI is InChI=1S/C21H39NO3.K/c1-3-4-5-6-7-8-9-10-11-12-13-14-15-16-17-18-20(23)22(2)19-21(24)25;/h10-11H,3-9,12-19H2,1-2H3,(H,24,25);/q;+1/p-1. The maximum atomic E-state index is 11.6. The van der Waals surface area contributed by atoms with Gasteiger partial charge in [-0.25, -0.2) is 0 Å². The Labute approximate surface area is 203 Å². The van der Waals surface area contributed by atoms with Crippen molar-refractivity contribution in [3.63, 3.8) is 0 Å². The van der Waals surface area contributed by atoms with E-state index in [0.717, 1.165) is 25.7 Å². The van der Waals surface area contributed by atoms with E-state index in [2.05, 4.69) is 19.1 Å². The van der Waals surface area contributed by atoms with Gasteiger partial charge in [-0.3, -0.25) is 4.79 Å². The van der Waals surface area contributed by atoms with E-state index in [1.807, 2.05) is 0 Å². The van der Waals surface area contributed by atoms with Crippen molar-refractivity contribution in [1.82, 2.24) is 4.90 Å². The van der Waals surface area contributed by atoms with E-state index in [1.165, 1.54) is 69.7 Å². The number of carbonyl (C=O) groups is 2. The van der Waals surface area contributed by atoms with Crippen LogP contribution < -0.4 is 56.5 Å². The van der Waals surface area contributed by atoms with Crippen molar-refractivity contribution in [3.05, 3.63) is 12.2 Å². The second kappa shape index (κ2) is 21.6. The maximum absolute atomic E-state index is 11.6. The number of allylic oxidation sites excluding steroid dienone is 2. The average molecular weight is 392 g/mol. The maximum Gasteiger partial charge on any atom is 1.00 e. The van der Waals surface area contributed by atoms with Gasteiger partial charge < -0.3 is 14.8 Å². The van der Waals surface area contributed by atoms with Crippen molar-refractivity contribution in [2.45, 2.75) is 96.8 Å². The Kier molecular flexibility index (Phi) is 23.7. The number of nitrogens with zero attached hydrogens (tertiary/aromatic N) is 1. The summed E-state index contributed by atoms with van der Waals surface area (Å²) in [7, 11) is 1.51. The Hall–Kier alpha value is 0.316. The fraction of sp³-hybridized carbons (Fsp3) is 0.810. The van der Waals surface area contributed by atoms with E-state index >= 15 is 0 Å². The topological polar surface area (TPSA) is 60.4 Å². The van der Waals surface area contributed by atoms with Gasteiger partial charge in [0.1, 0.15) is 0 Å². The summed E-state index contributed by atoms with van der Waals surface area (Å²) in [5.74, 6) is -1.32. The molecule has 0 rings (SSSR count). The number of unbranched alkanes of at least 4 members (excludes halogenated alkanes) is 11. The molecule has 1 amide bonds. The zero-order valence-electron chi connectivity index (χ0n) is 17.4. The molecule has 0 aromatic rings. The predicted octanol–water partition coefficient (Wildman–Crippen LogP) is 1.24. The van der Waals surface area contributed by atoms with Gasteiger partial charge in [-0.05, 0) is 32.1 Å². The smallest absolute Gasteiger partial charge is 0.548 e. The number of rotatable bonds is 17. The number of hydrogen-bond donors (Lipinski definition) is 0. The molecular weight excluding hydrogens is 353 g/mol. The summed E-state index contributed by atoms with van der Waals surface area (Å²) in [6.07, 6.45) is 21.0. The van der Waals surface area contributed by atoms with E-state index in [9.17, 15) is 14.7 Å². The summed E-state index contributed by atoms with van der Waals surface area (Å²) in [5, 5.41) is 10.4. The molecule has 4 nitrogen and oxygen atoms in total. The van der Waals surface area contributed by atoms with Crippen LogP contribution in [0.25, 0.3) is 0 Å². The molecule has 0 aromatic carbocycles. The first-order chi connectivity index (χ1) is 12.1. The molecule has 0 atom stereocenters. The van der Waals surface area contributed by atoms with E-state index in [0.29, 0.717) is 6.42 Å². The molecule has 146 valence electrons. The van der Waals surface area contributed by atoms with Gasteiger partial charge in [-0.1, -0.05) is 70.4 Å². The van der Waals surface area contributed by atoms with Gasteiger partial charge in [-0.15, -0.1) is 0 Å². The Morgan fingerprint density at radius 3 is 1.77 bits per heavy atom. The van der Waals surface area contributed by atoms with E-state index in [1.54, 1.807) is 0 Å². The number of hydrogen-bond acceptors (Lipinski definition) is 3.